The van der Waals surface area contributed by atoms with Gasteiger partial charge in [0.05, 0.1) is 24.3 Å². The number of carbonyl (C=O) groups excluding carboxylic acids is 1. The van der Waals surface area contributed by atoms with Gasteiger partial charge in [0.2, 0.25) is 5.28 Å². The lowest BCUT2D eigenvalue weighted by molar-refractivity contribution is -0.137. The van der Waals surface area contributed by atoms with E-state index in [1.165, 1.54) is 6.07 Å². The molecule has 2 aromatic rings. The van der Waals surface area contributed by atoms with Crippen molar-refractivity contribution in [2.75, 3.05) is 25.0 Å². The summed E-state index contributed by atoms with van der Waals surface area (Å²) in [6.45, 7) is 4.52. The molecule has 1 aromatic carbocycles. The van der Waals surface area contributed by atoms with Crippen molar-refractivity contribution in [2.24, 2.45) is 0 Å². The number of piperazine rings is 1. The minimum atomic E-state index is -4.42. The number of nitrogens with zero attached hydrogens (tertiary/aromatic N) is 4. The Hall–Kier alpha value is -2.59. The number of fused-ring (bicyclic) bond motifs is 1. The molecule has 3 aliphatic rings. The Labute approximate surface area is 194 Å². The van der Waals surface area contributed by atoms with E-state index in [-0.39, 0.29) is 16.9 Å². The zero-order valence-electron chi connectivity index (χ0n) is 18.0. The molecule has 2 fully saturated rings. The number of amides is 2. The number of hydrogen-bond donors (Lipinski definition) is 2. The van der Waals surface area contributed by atoms with E-state index in [0.29, 0.717) is 43.3 Å². The number of rotatable bonds is 3. The molecule has 1 saturated heterocycles. The molecule has 2 amide bonds. The fourth-order valence-electron chi connectivity index (χ4n) is 4.56. The van der Waals surface area contributed by atoms with E-state index in [4.69, 9.17) is 11.6 Å². The first-order chi connectivity index (χ1) is 15.6. The third-order valence-electron chi connectivity index (χ3n) is 6.59. The number of anilines is 1. The second kappa shape index (κ2) is 8.02. The fraction of sp³-hybridized carbons (Fsp3) is 0.500. The summed E-state index contributed by atoms with van der Waals surface area (Å²) in [4.78, 5) is 25.3. The van der Waals surface area contributed by atoms with E-state index in [1.54, 1.807) is 17.9 Å². The highest BCUT2D eigenvalue weighted by atomic mass is 35.5. The maximum absolute atomic E-state index is 13.2. The highest BCUT2D eigenvalue weighted by Crippen LogP contribution is 2.38. The smallest absolute Gasteiger partial charge is 0.363 e. The summed E-state index contributed by atoms with van der Waals surface area (Å²) in [5, 5.41) is 6.70. The molecule has 176 valence electrons. The minimum absolute atomic E-state index is 0.0286. The topological polar surface area (TPSA) is 73.4 Å². The lowest BCUT2D eigenvalue weighted by Gasteiger charge is -2.36. The Balaban J connectivity index is 1.33. The van der Waals surface area contributed by atoms with Gasteiger partial charge in [0.1, 0.15) is 5.82 Å². The predicted molar refractivity (Wildman–Crippen MR) is 117 cm³/mol. The maximum atomic E-state index is 13.2. The number of urea groups is 1. The number of nitrogens with one attached hydrogen (secondary N) is 2. The second-order valence-electron chi connectivity index (χ2n) is 9.02. The number of halogens is 4. The molecule has 0 unspecified atom stereocenters. The minimum Gasteiger partial charge on any atom is -0.363 e. The van der Waals surface area contributed by atoms with Crippen LogP contribution in [-0.2, 0) is 19.3 Å². The molecule has 5 rings (SSSR count). The molecule has 1 aliphatic carbocycles. The van der Waals surface area contributed by atoms with Gasteiger partial charge in [-0.2, -0.15) is 13.2 Å². The van der Waals surface area contributed by atoms with Gasteiger partial charge in [0, 0.05) is 36.8 Å². The highest BCUT2D eigenvalue weighted by molar-refractivity contribution is 6.28. The van der Waals surface area contributed by atoms with Gasteiger partial charge < -0.3 is 20.4 Å². The number of alkyl halides is 3. The van der Waals surface area contributed by atoms with Crippen LogP contribution in [0.2, 0.25) is 5.28 Å². The quantitative estimate of drug-likeness (QED) is 0.644. The normalized spacial score (nSPS) is 20.0. The summed E-state index contributed by atoms with van der Waals surface area (Å²) in [5.41, 5.74) is 1.23. The van der Waals surface area contributed by atoms with Gasteiger partial charge in [-0.25, -0.2) is 14.8 Å². The van der Waals surface area contributed by atoms with Crippen LogP contribution in [0.25, 0.3) is 0 Å². The Morgan fingerprint density at radius 2 is 2.03 bits per heavy atom. The van der Waals surface area contributed by atoms with Crippen molar-refractivity contribution in [3.05, 3.63) is 51.9 Å². The van der Waals surface area contributed by atoms with E-state index < -0.39 is 17.8 Å². The summed E-state index contributed by atoms with van der Waals surface area (Å²) in [5.74, 6) is 0.434. The highest BCUT2D eigenvalue weighted by Gasteiger charge is 2.47. The van der Waals surface area contributed by atoms with Crippen molar-refractivity contribution in [1.82, 2.24) is 25.1 Å². The first-order valence-corrected chi connectivity index (χ1v) is 11.3. The van der Waals surface area contributed by atoms with Crippen LogP contribution >= 0.6 is 11.6 Å². The van der Waals surface area contributed by atoms with Crippen molar-refractivity contribution in [2.45, 2.75) is 50.6 Å². The van der Waals surface area contributed by atoms with E-state index in [0.717, 1.165) is 37.1 Å². The number of carbonyl (C=O) groups is 1. The molecule has 3 heterocycles. The van der Waals surface area contributed by atoms with Crippen molar-refractivity contribution in [1.29, 1.82) is 0 Å². The SMILES string of the molecule is C[C@@H](Nc1nc(Cl)nc2c1CN(C(=O)N1CCNC3(CC3)C1)C2)c1cccc(C(F)(F)F)c1. The van der Waals surface area contributed by atoms with Crippen LogP contribution in [0.15, 0.2) is 24.3 Å². The van der Waals surface area contributed by atoms with Crippen LogP contribution in [0.1, 0.15) is 48.2 Å². The van der Waals surface area contributed by atoms with Crippen LogP contribution in [-0.4, -0.2) is 51.0 Å². The number of aromatic nitrogens is 2. The van der Waals surface area contributed by atoms with Gasteiger partial charge in [0.15, 0.2) is 0 Å². The zero-order chi connectivity index (χ0) is 23.4. The van der Waals surface area contributed by atoms with Gasteiger partial charge in [-0.3, -0.25) is 0 Å². The molecule has 1 spiro atoms. The summed E-state index contributed by atoms with van der Waals surface area (Å²) >= 11 is 6.13. The summed E-state index contributed by atoms with van der Waals surface area (Å²) in [6.07, 6.45) is -2.25. The predicted octanol–water partition coefficient (Wildman–Crippen LogP) is 4.20. The first-order valence-electron chi connectivity index (χ1n) is 10.9. The van der Waals surface area contributed by atoms with Crippen LogP contribution in [0.3, 0.4) is 0 Å². The molecule has 1 aromatic heterocycles. The molecular formula is C22H24ClF3N6O. The molecule has 0 radical (unpaired) electrons. The molecule has 11 heteroatoms. The molecule has 0 bridgehead atoms. The fourth-order valence-corrected chi connectivity index (χ4v) is 4.74. The van der Waals surface area contributed by atoms with Crippen molar-refractivity contribution < 1.29 is 18.0 Å². The van der Waals surface area contributed by atoms with E-state index in [9.17, 15) is 18.0 Å². The molecule has 2 aliphatic heterocycles. The second-order valence-corrected chi connectivity index (χ2v) is 9.36. The van der Waals surface area contributed by atoms with Crippen molar-refractivity contribution >= 4 is 23.4 Å². The van der Waals surface area contributed by atoms with Crippen LogP contribution < -0.4 is 10.6 Å². The Morgan fingerprint density at radius 1 is 1.24 bits per heavy atom. The first kappa shape index (κ1) is 22.2. The zero-order valence-corrected chi connectivity index (χ0v) is 18.8. The van der Waals surface area contributed by atoms with E-state index in [2.05, 4.69) is 20.6 Å². The van der Waals surface area contributed by atoms with Gasteiger partial charge >= 0.3 is 12.2 Å². The maximum Gasteiger partial charge on any atom is 0.416 e. The lowest BCUT2D eigenvalue weighted by atomic mass is 10.0. The Bertz CT molecular complexity index is 1090. The molecule has 1 saturated carbocycles. The molecular weight excluding hydrogens is 457 g/mol. The van der Waals surface area contributed by atoms with Crippen LogP contribution in [0, 0.1) is 0 Å². The number of hydrogen-bond acceptors (Lipinski definition) is 5. The van der Waals surface area contributed by atoms with Crippen LogP contribution in [0.4, 0.5) is 23.8 Å². The van der Waals surface area contributed by atoms with E-state index in [1.807, 2.05) is 4.90 Å². The molecule has 1 atom stereocenters. The van der Waals surface area contributed by atoms with Gasteiger partial charge in [0.25, 0.3) is 0 Å². The van der Waals surface area contributed by atoms with Gasteiger partial charge in [-0.15, -0.1) is 0 Å². The third kappa shape index (κ3) is 4.46. The molecule has 7 nitrogen and oxygen atoms in total. The van der Waals surface area contributed by atoms with Crippen LogP contribution in [0.5, 0.6) is 0 Å². The Kier molecular flexibility index (Phi) is 5.40. The summed E-state index contributed by atoms with van der Waals surface area (Å²) in [7, 11) is 0. The average Bonchev–Trinajstić information content (AvgIpc) is 3.36. The Morgan fingerprint density at radius 3 is 2.76 bits per heavy atom. The third-order valence-corrected chi connectivity index (χ3v) is 6.76. The summed E-state index contributed by atoms with van der Waals surface area (Å²) in [6, 6.07) is 4.66. The monoisotopic (exact) mass is 480 g/mol. The molecule has 33 heavy (non-hydrogen) atoms. The largest absolute Gasteiger partial charge is 0.416 e. The molecule has 2 N–H and O–H groups in total. The van der Waals surface area contributed by atoms with Crippen molar-refractivity contribution in [3.8, 4) is 0 Å². The van der Waals surface area contributed by atoms with Gasteiger partial charge in [-0.05, 0) is 49.1 Å². The van der Waals surface area contributed by atoms with Crippen molar-refractivity contribution in [3.63, 3.8) is 0 Å². The standard InChI is InChI=1S/C22H24ClF3N6O/c1-13(14-3-2-4-15(9-14)22(24,25)26)28-18-16-10-32(11-17(16)29-19(23)30-18)20(33)31-8-7-27-21(12-31)5-6-21/h2-4,9,13,27H,5-8,10-12H2,1H3,(H,28,29,30)/t13-/m1/s1. The summed E-state index contributed by atoms with van der Waals surface area (Å²) < 4.78 is 39.3. The number of benzene rings is 1. The average molecular weight is 481 g/mol. The van der Waals surface area contributed by atoms with Gasteiger partial charge in [-0.1, -0.05) is 12.1 Å². The lowest BCUT2D eigenvalue weighted by Crippen LogP contribution is -2.56. The van der Waals surface area contributed by atoms with E-state index >= 15 is 0 Å².